The Bertz CT molecular complexity index is 540. The topological polar surface area (TPSA) is 48.4 Å². The van der Waals surface area contributed by atoms with Gasteiger partial charge in [-0.15, -0.1) is 0 Å². The van der Waals surface area contributed by atoms with Gasteiger partial charge in [-0.25, -0.2) is 0 Å². The predicted molar refractivity (Wildman–Crippen MR) is 71.4 cm³/mol. The lowest BCUT2D eigenvalue weighted by Gasteiger charge is -2.26. The molecular weight excluding hydrogens is 226 g/mol. The van der Waals surface area contributed by atoms with Crippen molar-refractivity contribution in [1.29, 1.82) is 0 Å². The average molecular weight is 245 g/mol. The second kappa shape index (κ2) is 4.75. The van der Waals surface area contributed by atoms with Gasteiger partial charge in [0, 0.05) is 17.9 Å². The number of hydrogen-bond donors (Lipinski definition) is 1. The van der Waals surface area contributed by atoms with Crippen molar-refractivity contribution in [1.82, 2.24) is 0 Å². The van der Waals surface area contributed by atoms with Crippen LogP contribution in [0.15, 0.2) is 28.7 Å². The van der Waals surface area contributed by atoms with Crippen molar-refractivity contribution >= 4 is 11.0 Å². The minimum atomic E-state index is -0.0574. The van der Waals surface area contributed by atoms with Crippen LogP contribution in [0.4, 0.5) is 0 Å². The molecule has 1 aliphatic rings. The Morgan fingerprint density at radius 2 is 2.22 bits per heavy atom. The third-order valence-electron chi connectivity index (χ3n) is 3.72. The van der Waals surface area contributed by atoms with Gasteiger partial charge in [0.05, 0.1) is 12.6 Å². The fraction of sp³-hybridized carbons (Fsp3) is 0.467. The van der Waals surface area contributed by atoms with Crippen LogP contribution in [0, 0.1) is 12.8 Å². The zero-order chi connectivity index (χ0) is 12.5. The van der Waals surface area contributed by atoms with E-state index in [1.807, 2.05) is 6.07 Å². The zero-order valence-corrected chi connectivity index (χ0v) is 10.7. The number of rotatable bonds is 2. The van der Waals surface area contributed by atoms with Gasteiger partial charge in [0.2, 0.25) is 0 Å². The lowest BCUT2D eigenvalue weighted by atomic mass is 9.93. The van der Waals surface area contributed by atoms with Gasteiger partial charge >= 0.3 is 0 Å². The molecule has 18 heavy (non-hydrogen) atoms. The van der Waals surface area contributed by atoms with Crippen LogP contribution in [0.25, 0.3) is 11.0 Å². The van der Waals surface area contributed by atoms with Crippen LogP contribution in [-0.4, -0.2) is 13.2 Å². The number of furan rings is 1. The minimum absolute atomic E-state index is 0.0574. The number of fused-ring (bicyclic) bond motifs is 1. The largest absolute Gasteiger partial charge is 0.459 e. The highest BCUT2D eigenvalue weighted by Crippen LogP contribution is 2.31. The predicted octanol–water partition coefficient (Wildman–Crippen LogP) is 3.17. The van der Waals surface area contributed by atoms with Gasteiger partial charge in [0.15, 0.2) is 0 Å². The molecule has 0 aliphatic carbocycles. The molecule has 0 saturated carbocycles. The van der Waals surface area contributed by atoms with Crippen LogP contribution < -0.4 is 5.73 Å². The first-order chi connectivity index (χ1) is 8.74. The molecule has 3 rings (SSSR count). The summed E-state index contributed by atoms with van der Waals surface area (Å²) < 4.78 is 11.4. The molecule has 1 aromatic heterocycles. The molecule has 1 saturated heterocycles. The summed E-state index contributed by atoms with van der Waals surface area (Å²) in [6, 6.07) is 8.22. The van der Waals surface area contributed by atoms with Crippen molar-refractivity contribution in [2.75, 3.05) is 13.2 Å². The van der Waals surface area contributed by atoms with E-state index in [1.165, 1.54) is 5.56 Å². The maximum atomic E-state index is 6.30. The van der Waals surface area contributed by atoms with Crippen LogP contribution in [0.5, 0.6) is 0 Å². The summed E-state index contributed by atoms with van der Waals surface area (Å²) >= 11 is 0. The molecular formula is C15H19NO2. The molecule has 0 bridgehead atoms. The Labute approximate surface area is 107 Å². The third kappa shape index (κ3) is 2.16. The number of benzene rings is 1. The van der Waals surface area contributed by atoms with Gasteiger partial charge in [-0.3, -0.25) is 0 Å². The van der Waals surface area contributed by atoms with Crippen molar-refractivity contribution in [3.05, 3.63) is 35.6 Å². The van der Waals surface area contributed by atoms with Gasteiger partial charge < -0.3 is 14.9 Å². The average Bonchev–Trinajstić information content (AvgIpc) is 2.81. The van der Waals surface area contributed by atoms with E-state index in [-0.39, 0.29) is 6.04 Å². The lowest BCUT2D eigenvalue weighted by molar-refractivity contribution is 0.0421. The number of aryl methyl sites for hydroxylation is 1. The first-order valence-corrected chi connectivity index (χ1v) is 6.57. The quantitative estimate of drug-likeness (QED) is 0.884. The molecule has 3 heteroatoms. The van der Waals surface area contributed by atoms with Crippen molar-refractivity contribution in [3.63, 3.8) is 0 Å². The Balaban J connectivity index is 1.88. The summed E-state index contributed by atoms with van der Waals surface area (Å²) in [6.45, 7) is 3.70. The summed E-state index contributed by atoms with van der Waals surface area (Å²) in [5.74, 6) is 1.26. The van der Waals surface area contributed by atoms with E-state index in [9.17, 15) is 0 Å². The number of ether oxygens (including phenoxy) is 1. The van der Waals surface area contributed by atoms with Crippen LogP contribution >= 0.6 is 0 Å². The highest BCUT2D eigenvalue weighted by Gasteiger charge is 2.25. The zero-order valence-electron chi connectivity index (χ0n) is 10.7. The molecule has 2 unspecified atom stereocenters. The van der Waals surface area contributed by atoms with Crippen molar-refractivity contribution < 1.29 is 9.15 Å². The molecule has 3 nitrogen and oxygen atoms in total. The molecule has 0 spiro atoms. The maximum absolute atomic E-state index is 6.30. The molecule has 1 aromatic carbocycles. The molecule has 0 amide bonds. The fourth-order valence-electron chi connectivity index (χ4n) is 2.63. The molecule has 0 radical (unpaired) electrons. The Morgan fingerprint density at radius 1 is 1.33 bits per heavy atom. The molecule has 2 N–H and O–H groups in total. The normalized spacial score (nSPS) is 22.2. The maximum Gasteiger partial charge on any atom is 0.134 e. The first kappa shape index (κ1) is 11.8. The first-order valence-electron chi connectivity index (χ1n) is 6.57. The second-order valence-electron chi connectivity index (χ2n) is 5.19. The highest BCUT2D eigenvalue weighted by atomic mass is 16.5. The van der Waals surface area contributed by atoms with Crippen molar-refractivity contribution in [2.45, 2.75) is 25.8 Å². The van der Waals surface area contributed by atoms with E-state index >= 15 is 0 Å². The standard InChI is InChI=1S/C15H19NO2/c1-10-4-5-13-12(7-10)8-14(18-13)15(16)11-3-2-6-17-9-11/h4-5,7-8,11,15H,2-3,6,9,16H2,1H3. The van der Waals surface area contributed by atoms with Gasteiger partial charge in [0.1, 0.15) is 11.3 Å². The SMILES string of the molecule is Cc1ccc2oc(C(N)C3CCCOC3)cc2c1. The molecule has 2 atom stereocenters. The van der Waals surface area contributed by atoms with E-state index in [4.69, 9.17) is 14.9 Å². The summed E-state index contributed by atoms with van der Waals surface area (Å²) in [7, 11) is 0. The molecule has 2 aromatic rings. The monoisotopic (exact) mass is 245 g/mol. The summed E-state index contributed by atoms with van der Waals surface area (Å²) in [6.07, 6.45) is 2.22. The van der Waals surface area contributed by atoms with Gasteiger partial charge in [-0.2, -0.15) is 0 Å². The number of nitrogens with two attached hydrogens (primary N) is 1. The van der Waals surface area contributed by atoms with Crippen LogP contribution in [-0.2, 0) is 4.74 Å². The van der Waals surface area contributed by atoms with E-state index < -0.39 is 0 Å². The van der Waals surface area contributed by atoms with Gasteiger partial charge in [-0.05, 0) is 38.0 Å². The van der Waals surface area contributed by atoms with Crippen molar-refractivity contribution in [2.24, 2.45) is 11.7 Å². The van der Waals surface area contributed by atoms with Gasteiger partial charge in [-0.1, -0.05) is 11.6 Å². The van der Waals surface area contributed by atoms with Crippen LogP contribution in [0.1, 0.15) is 30.2 Å². The van der Waals surface area contributed by atoms with E-state index in [2.05, 4.69) is 25.1 Å². The third-order valence-corrected chi connectivity index (χ3v) is 3.72. The fourth-order valence-corrected chi connectivity index (χ4v) is 2.63. The second-order valence-corrected chi connectivity index (χ2v) is 5.19. The number of hydrogen-bond acceptors (Lipinski definition) is 3. The molecule has 96 valence electrons. The van der Waals surface area contributed by atoms with Crippen LogP contribution in [0.3, 0.4) is 0 Å². The summed E-state index contributed by atoms with van der Waals surface area (Å²) in [4.78, 5) is 0. The summed E-state index contributed by atoms with van der Waals surface area (Å²) in [5.41, 5.74) is 8.46. The lowest BCUT2D eigenvalue weighted by Crippen LogP contribution is -2.28. The highest BCUT2D eigenvalue weighted by molar-refractivity contribution is 5.78. The van der Waals surface area contributed by atoms with E-state index in [0.29, 0.717) is 5.92 Å². The van der Waals surface area contributed by atoms with Crippen molar-refractivity contribution in [3.8, 4) is 0 Å². The Morgan fingerprint density at radius 3 is 3.00 bits per heavy atom. The summed E-state index contributed by atoms with van der Waals surface area (Å²) in [5, 5.41) is 1.14. The molecule has 1 aliphatic heterocycles. The Hall–Kier alpha value is -1.32. The van der Waals surface area contributed by atoms with Gasteiger partial charge in [0.25, 0.3) is 0 Å². The van der Waals surface area contributed by atoms with Crippen LogP contribution in [0.2, 0.25) is 0 Å². The Kier molecular flexibility index (Phi) is 3.10. The van der Waals surface area contributed by atoms with E-state index in [1.54, 1.807) is 0 Å². The minimum Gasteiger partial charge on any atom is -0.459 e. The smallest absolute Gasteiger partial charge is 0.134 e. The molecule has 1 fully saturated rings. The van der Waals surface area contributed by atoms with E-state index in [0.717, 1.165) is 42.8 Å². The molecule has 2 heterocycles.